The largest absolute Gasteiger partial charge is 0.490 e. The number of ether oxygens (including phenoxy) is 2. The van der Waals surface area contributed by atoms with Gasteiger partial charge in [-0.1, -0.05) is 41.9 Å². The Hall–Kier alpha value is -3.23. The third-order valence-electron chi connectivity index (χ3n) is 4.12. The number of rotatable bonds is 8. The molecule has 0 bridgehead atoms. The van der Waals surface area contributed by atoms with Crippen molar-refractivity contribution in [1.29, 1.82) is 5.26 Å². The standard InChI is InChI=1S/C22H19ClN2O3/c23-17-6-8-18(9-7-17)27-13-14-28-21-10-5-16-3-1-2-4-19(16)20(21)15-25-22(26)11-12-24/h1-10H,11,13-15H2,(H,25,26). The Morgan fingerprint density at radius 1 is 1.00 bits per heavy atom. The number of halogens is 1. The number of fused-ring (bicyclic) bond motifs is 1. The molecule has 0 aliphatic rings. The maximum Gasteiger partial charge on any atom is 0.234 e. The van der Waals surface area contributed by atoms with Crippen molar-refractivity contribution < 1.29 is 14.3 Å². The number of benzene rings is 3. The molecular weight excluding hydrogens is 376 g/mol. The Bertz CT molecular complexity index is 997. The molecule has 0 unspecified atom stereocenters. The summed E-state index contributed by atoms with van der Waals surface area (Å²) in [4.78, 5) is 11.7. The van der Waals surface area contributed by atoms with Crippen molar-refractivity contribution in [3.63, 3.8) is 0 Å². The third kappa shape index (κ3) is 5.15. The van der Waals surface area contributed by atoms with E-state index in [1.165, 1.54) is 0 Å². The Balaban J connectivity index is 1.68. The molecule has 1 N–H and O–H groups in total. The van der Waals surface area contributed by atoms with Gasteiger partial charge in [0, 0.05) is 17.1 Å². The second kappa shape index (κ2) is 9.63. The lowest BCUT2D eigenvalue weighted by atomic mass is 10.0. The van der Waals surface area contributed by atoms with Gasteiger partial charge in [-0.2, -0.15) is 5.26 Å². The molecule has 1 amide bonds. The first-order chi connectivity index (χ1) is 13.7. The van der Waals surface area contributed by atoms with E-state index < -0.39 is 0 Å². The number of amides is 1. The van der Waals surface area contributed by atoms with Crippen molar-refractivity contribution in [2.45, 2.75) is 13.0 Å². The van der Waals surface area contributed by atoms with Crippen LogP contribution in [0.3, 0.4) is 0 Å². The molecule has 6 heteroatoms. The lowest BCUT2D eigenvalue weighted by Crippen LogP contribution is -2.22. The van der Waals surface area contributed by atoms with Crippen LogP contribution in [0, 0.1) is 11.3 Å². The summed E-state index contributed by atoms with van der Waals surface area (Å²) >= 11 is 5.86. The van der Waals surface area contributed by atoms with Gasteiger partial charge in [-0.05, 0) is 41.1 Å². The van der Waals surface area contributed by atoms with Gasteiger partial charge in [0.15, 0.2) is 0 Å². The minimum absolute atomic E-state index is 0.171. The maximum absolute atomic E-state index is 11.7. The molecule has 3 aromatic carbocycles. The highest BCUT2D eigenvalue weighted by molar-refractivity contribution is 6.30. The average molecular weight is 395 g/mol. The maximum atomic E-state index is 11.7. The first kappa shape index (κ1) is 19.5. The van der Waals surface area contributed by atoms with E-state index in [0.717, 1.165) is 22.1 Å². The van der Waals surface area contributed by atoms with Gasteiger partial charge in [-0.15, -0.1) is 0 Å². The van der Waals surface area contributed by atoms with Crippen LogP contribution in [0.1, 0.15) is 12.0 Å². The Kier molecular flexibility index (Phi) is 6.72. The molecule has 0 saturated carbocycles. The molecule has 0 aromatic heterocycles. The van der Waals surface area contributed by atoms with Crippen LogP contribution in [-0.4, -0.2) is 19.1 Å². The van der Waals surface area contributed by atoms with Crippen molar-refractivity contribution in [2.75, 3.05) is 13.2 Å². The van der Waals surface area contributed by atoms with E-state index in [0.29, 0.717) is 24.0 Å². The van der Waals surface area contributed by atoms with Crippen LogP contribution < -0.4 is 14.8 Å². The quantitative estimate of drug-likeness (QED) is 0.572. The molecule has 0 fully saturated rings. The third-order valence-corrected chi connectivity index (χ3v) is 4.37. The molecule has 0 aliphatic heterocycles. The molecule has 0 heterocycles. The van der Waals surface area contributed by atoms with Crippen LogP contribution >= 0.6 is 11.6 Å². The number of hydrogen-bond donors (Lipinski definition) is 1. The topological polar surface area (TPSA) is 71.4 Å². The summed E-state index contributed by atoms with van der Waals surface area (Å²) in [5.74, 6) is 1.08. The summed E-state index contributed by atoms with van der Waals surface area (Å²) in [6.07, 6.45) is -0.171. The molecular formula is C22H19ClN2O3. The van der Waals surface area contributed by atoms with Crippen LogP contribution in [0.2, 0.25) is 5.02 Å². The Labute approximate surface area is 168 Å². The molecule has 142 valence electrons. The van der Waals surface area contributed by atoms with Gasteiger partial charge in [0.2, 0.25) is 5.91 Å². The van der Waals surface area contributed by atoms with E-state index in [-0.39, 0.29) is 18.9 Å². The van der Waals surface area contributed by atoms with E-state index in [9.17, 15) is 4.79 Å². The smallest absolute Gasteiger partial charge is 0.234 e. The van der Waals surface area contributed by atoms with Gasteiger partial charge >= 0.3 is 0 Å². The van der Waals surface area contributed by atoms with Gasteiger partial charge in [0.1, 0.15) is 31.1 Å². The molecule has 0 atom stereocenters. The summed E-state index contributed by atoms with van der Waals surface area (Å²) in [5.41, 5.74) is 0.871. The predicted octanol–water partition coefficient (Wildman–Crippen LogP) is 4.48. The average Bonchev–Trinajstić information content (AvgIpc) is 2.71. The van der Waals surface area contributed by atoms with Crippen molar-refractivity contribution in [2.24, 2.45) is 0 Å². The highest BCUT2D eigenvalue weighted by Gasteiger charge is 2.11. The van der Waals surface area contributed by atoms with Crippen LogP contribution in [0.15, 0.2) is 60.7 Å². The molecule has 28 heavy (non-hydrogen) atoms. The summed E-state index contributed by atoms with van der Waals surface area (Å²) in [6.45, 7) is 1.00. The van der Waals surface area contributed by atoms with Crippen molar-refractivity contribution >= 4 is 28.3 Å². The number of nitriles is 1. The van der Waals surface area contributed by atoms with E-state index in [1.54, 1.807) is 24.3 Å². The van der Waals surface area contributed by atoms with Crippen LogP contribution in [-0.2, 0) is 11.3 Å². The fourth-order valence-electron chi connectivity index (χ4n) is 2.80. The van der Waals surface area contributed by atoms with Gasteiger partial charge in [-0.3, -0.25) is 4.79 Å². The zero-order valence-corrected chi connectivity index (χ0v) is 15.9. The zero-order chi connectivity index (χ0) is 19.8. The van der Waals surface area contributed by atoms with Crippen LogP contribution in [0.5, 0.6) is 11.5 Å². The number of carbonyl (C=O) groups excluding carboxylic acids is 1. The molecule has 3 aromatic rings. The van der Waals surface area contributed by atoms with Gasteiger partial charge in [-0.25, -0.2) is 0 Å². The van der Waals surface area contributed by atoms with E-state index in [2.05, 4.69) is 5.32 Å². The zero-order valence-electron chi connectivity index (χ0n) is 15.2. The lowest BCUT2D eigenvalue weighted by molar-refractivity contribution is -0.120. The minimum atomic E-state index is -0.313. The number of carbonyl (C=O) groups is 1. The molecule has 0 aliphatic carbocycles. The van der Waals surface area contributed by atoms with E-state index in [1.807, 2.05) is 42.5 Å². The minimum Gasteiger partial charge on any atom is -0.490 e. The number of nitrogens with one attached hydrogen (secondary N) is 1. The monoisotopic (exact) mass is 394 g/mol. The second-order valence-electron chi connectivity index (χ2n) is 6.03. The van der Waals surface area contributed by atoms with Crippen LogP contribution in [0.25, 0.3) is 10.8 Å². The predicted molar refractivity (Wildman–Crippen MR) is 108 cm³/mol. The normalized spacial score (nSPS) is 10.3. The van der Waals surface area contributed by atoms with Crippen LogP contribution in [0.4, 0.5) is 0 Å². The summed E-state index contributed by atoms with van der Waals surface area (Å²) < 4.78 is 11.6. The molecule has 0 radical (unpaired) electrons. The summed E-state index contributed by atoms with van der Waals surface area (Å²) in [5, 5.41) is 14.1. The van der Waals surface area contributed by atoms with Gasteiger partial charge in [0.25, 0.3) is 0 Å². The fourth-order valence-corrected chi connectivity index (χ4v) is 2.92. The first-order valence-electron chi connectivity index (χ1n) is 8.83. The second-order valence-corrected chi connectivity index (χ2v) is 6.46. The van der Waals surface area contributed by atoms with Crippen molar-refractivity contribution in [3.05, 3.63) is 71.2 Å². The highest BCUT2D eigenvalue weighted by Crippen LogP contribution is 2.28. The van der Waals surface area contributed by atoms with Gasteiger partial charge < -0.3 is 14.8 Å². The molecule has 0 saturated heterocycles. The van der Waals surface area contributed by atoms with Crippen molar-refractivity contribution in [3.8, 4) is 17.6 Å². The molecule has 3 rings (SSSR count). The summed E-state index contributed by atoms with van der Waals surface area (Å²) in [6, 6.07) is 20.7. The SMILES string of the molecule is N#CCC(=O)NCc1c(OCCOc2ccc(Cl)cc2)ccc2ccccc12. The molecule has 0 spiro atoms. The van der Waals surface area contributed by atoms with E-state index >= 15 is 0 Å². The number of nitrogens with zero attached hydrogens (tertiary/aromatic N) is 1. The Morgan fingerprint density at radius 2 is 1.75 bits per heavy atom. The number of hydrogen-bond acceptors (Lipinski definition) is 4. The molecule has 5 nitrogen and oxygen atoms in total. The Morgan fingerprint density at radius 3 is 2.54 bits per heavy atom. The first-order valence-corrected chi connectivity index (χ1v) is 9.20. The lowest BCUT2D eigenvalue weighted by Gasteiger charge is -2.15. The van der Waals surface area contributed by atoms with Gasteiger partial charge in [0.05, 0.1) is 6.07 Å². The van der Waals surface area contributed by atoms with E-state index in [4.69, 9.17) is 26.3 Å². The summed E-state index contributed by atoms with van der Waals surface area (Å²) in [7, 11) is 0. The van der Waals surface area contributed by atoms with Crippen molar-refractivity contribution in [1.82, 2.24) is 5.32 Å². The fraction of sp³-hybridized carbons (Fsp3) is 0.182. The highest BCUT2D eigenvalue weighted by atomic mass is 35.5.